The minimum Gasteiger partial charge on any atom is -0.334 e. The van der Waals surface area contributed by atoms with E-state index < -0.39 is 5.82 Å². The quantitative estimate of drug-likeness (QED) is 0.886. The zero-order valence-corrected chi connectivity index (χ0v) is 11.7. The topological polar surface area (TPSA) is 59.2 Å². The Bertz CT molecular complexity index is 589. The van der Waals surface area contributed by atoms with Crippen LogP contribution in [0.15, 0.2) is 48.8 Å². The number of pyridine rings is 1. The predicted molar refractivity (Wildman–Crippen MR) is 79.0 cm³/mol. The van der Waals surface area contributed by atoms with Crippen molar-refractivity contribution in [3.8, 4) is 0 Å². The fourth-order valence-electron chi connectivity index (χ4n) is 2.05. The van der Waals surface area contributed by atoms with Gasteiger partial charge < -0.3 is 10.6 Å². The molecule has 0 saturated heterocycles. The van der Waals surface area contributed by atoms with Gasteiger partial charge in [0.2, 0.25) is 0 Å². The number of amides is 1. The molecule has 4 nitrogen and oxygen atoms in total. The van der Waals surface area contributed by atoms with Gasteiger partial charge in [-0.25, -0.2) is 4.39 Å². The molecule has 0 aliphatic carbocycles. The molecule has 0 atom stereocenters. The van der Waals surface area contributed by atoms with Crippen LogP contribution in [0.2, 0.25) is 0 Å². The molecule has 5 heteroatoms. The van der Waals surface area contributed by atoms with Crippen molar-refractivity contribution in [2.45, 2.75) is 13.0 Å². The van der Waals surface area contributed by atoms with Crippen molar-refractivity contribution in [2.24, 2.45) is 5.73 Å². The van der Waals surface area contributed by atoms with Crippen LogP contribution in [0.4, 0.5) is 4.39 Å². The van der Waals surface area contributed by atoms with Crippen molar-refractivity contribution in [2.75, 3.05) is 13.1 Å². The van der Waals surface area contributed by atoms with Crippen molar-refractivity contribution in [1.29, 1.82) is 0 Å². The molecule has 0 spiro atoms. The molecule has 1 amide bonds. The van der Waals surface area contributed by atoms with E-state index in [1.54, 1.807) is 4.90 Å². The Kier molecular flexibility index (Phi) is 5.40. The molecule has 2 rings (SSSR count). The third-order valence-corrected chi connectivity index (χ3v) is 3.09. The van der Waals surface area contributed by atoms with E-state index >= 15 is 0 Å². The second-order valence-electron chi connectivity index (χ2n) is 4.75. The number of halogens is 1. The Hall–Kier alpha value is -2.27. The molecular formula is C16H18FN3O. The van der Waals surface area contributed by atoms with Gasteiger partial charge in [-0.3, -0.25) is 9.78 Å². The van der Waals surface area contributed by atoms with Gasteiger partial charge in [-0.2, -0.15) is 0 Å². The Morgan fingerprint density at radius 3 is 2.67 bits per heavy atom. The molecule has 2 aromatic rings. The van der Waals surface area contributed by atoms with Crippen LogP contribution in [-0.2, 0) is 6.54 Å². The summed E-state index contributed by atoms with van der Waals surface area (Å²) in [4.78, 5) is 17.9. The van der Waals surface area contributed by atoms with Gasteiger partial charge in [-0.05, 0) is 24.6 Å². The van der Waals surface area contributed by atoms with Crippen molar-refractivity contribution in [3.05, 3.63) is 65.7 Å². The van der Waals surface area contributed by atoms with Gasteiger partial charge in [0, 0.05) is 19.3 Å². The van der Waals surface area contributed by atoms with Crippen LogP contribution < -0.4 is 5.73 Å². The van der Waals surface area contributed by atoms with Gasteiger partial charge in [0.15, 0.2) is 0 Å². The van der Waals surface area contributed by atoms with Crippen LogP contribution in [0, 0.1) is 5.82 Å². The summed E-state index contributed by atoms with van der Waals surface area (Å²) in [5.74, 6) is -0.751. The van der Waals surface area contributed by atoms with Crippen LogP contribution in [0.3, 0.4) is 0 Å². The van der Waals surface area contributed by atoms with Crippen LogP contribution in [-0.4, -0.2) is 28.9 Å². The average Bonchev–Trinajstić information content (AvgIpc) is 2.51. The van der Waals surface area contributed by atoms with E-state index in [-0.39, 0.29) is 11.5 Å². The molecule has 0 fully saturated rings. The Labute approximate surface area is 123 Å². The first-order valence-corrected chi connectivity index (χ1v) is 6.84. The zero-order valence-electron chi connectivity index (χ0n) is 11.7. The van der Waals surface area contributed by atoms with E-state index in [2.05, 4.69) is 4.98 Å². The van der Waals surface area contributed by atoms with Crippen LogP contribution in [0.25, 0.3) is 0 Å². The van der Waals surface area contributed by atoms with Gasteiger partial charge in [0.25, 0.3) is 5.91 Å². The number of hydrogen-bond acceptors (Lipinski definition) is 3. The molecule has 2 N–H and O–H groups in total. The standard InChI is InChI=1S/C16H18FN3O/c17-15-9-14(10-19-11-15)16(21)20(8-4-7-18)12-13-5-2-1-3-6-13/h1-3,5-6,9-11H,4,7-8,12,18H2. The highest BCUT2D eigenvalue weighted by Gasteiger charge is 2.16. The van der Waals surface area contributed by atoms with Crippen molar-refractivity contribution >= 4 is 5.91 Å². The first-order valence-electron chi connectivity index (χ1n) is 6.84. The highest BCUT2D eigenvalue weighted by molar-refractivity contribution is 5.93. The summed E-state index contributed by atoms with van der Waals surface area (Å²) < 4.78 is 13.2. The van der Waals surface area contributed by atoms with Crippen LogP contribution >= 0.6 is 0 Å². The Morgan fingerprint density at radius 2 is 2.00 bits per heavy atom. The summed E-state index contributed by atoms with van der Waals surface area (Å²) in [7, 11) is 0. The maximum absolute atomic E-state index is 13.2. The monoisotopic (exact) mass is 287 g/mol. The van der Waals surface area contributed by atoms with E-state index in [0.717, 1.165) is 11.8 Å². The molecule has 0 unspecified atom stereocenters. The second kappa shape index (κ2) is 7.50. The maximum atomic E-state index is 13.2. The normalized spacial score (nSPS) is 10.4. The number of carbonyl (C=O) groups excluding carboxylic acids is 1. The number of rotatable bonds is 6. The lowest BCUT2D eigenvalue weighted by atomic mass is 10.1. The highest BCUT2D eigenvalue weighted by atomic mass is 19.1. The minimum absolute atomic E-state index is 0.237. The summed E-state index contributed by atoms with van der Waals surface area (Å²) in [5.41, 5.74) is 6.80. The molecule has 0 aliphatic rings. The van der Waals surface area contributed by atoms with Gasteiger partial charge in [-0.1, -0.05) is 30.3 Å². The number of benzene rings is 1. The summed E-state index contributed by atoms with van der Waals surface area (Å²) in [6.07, 6.45) is 3.16. The maximum Gasteiger partial charge on any atom is 0.255 e. The second-order valence-corrected chi connectivity index (χ2v) is 4.75. The first-order chi connectivity index (χ1) is 10.2. The third-order valence-electron chi connectivity index (χ3n) is 3.09. The van der Waals surface area contributed by atoms with Crippen molar-refractivity contribution in [3.63, 3.8) is 0 Å². The van der Waals surface area contributed by atoms with Gasteiger partial charge >= 0.3 is 0 Å². The summed E-state index contributed by atoms with van der Waals surface area (Å²) in [6.45, 7) is 1.50. The van der Waals surface area contributed by atoms with E-state index in [9.17, 15) is 9.18 Å². The number of aromatic nitrogens is 1. The van der Waals surface area contributed by atoms with E-state index in [4.69, 9.17) is 5.73 Å². The number of carbonyl (C=O) groups is 1. The van der Waals surface area contributed by atoms with Gasteiger partial charge in [-0.15, -0.1) is 0 Å². The molecule has 0 radical (unpaired) electrons. The largest absolute Gasteiger partial charge is 0.334 e. The first kappa shape index (κ1) is 15.1. The zero-order chi connectivity index (χ0) is 15.1. The smallest absolute Gasteiger partial charge is 0.255 e. The molecule has 1 aromatic carbocycles. The fourth-order valence-corrected chi connectivity index (χ4v) is 2.05. The lowest BCUT2D eigenvalue weighted by Crippen LogP contribution is -2.32. The van der Waals surface area contributed by atoms with E-state index in [1.807, 2.05) is 30.3 Å². The molecule has 0 bridgehead atoms. The number of nitrogens with two attached hydrogens (primary N) is 1. The third kappa shape index (κ3) is 4.36. The Morgan fingerprint density at radius 1 is 1.24 bits per heavy atom. The number of nitrogens with zero attached hydrogens (tertiary/aromatic N) is 2. The average molecular weight is 287 g/mol. The minimum atomic E-state index is -0.515. The van der Waals surface area contributed by atoms with Crippen molar-refractivity contribution < 1.29 is 9.18 Å². The van der Waals surface area contributed by atoms with Crippen LogP contribution in [0.5, 0.6) is 0 Å². The summed E-state index contributed by atoms with van der Waals surface area (Å²) in [6, 6.07) is 10.9. The summed E-state index contributed by atoms with van der Waals surface area (Å²) in [5, 5.41) is 0. The predicted octanol–water partition coefficient (Wildman–Crippen LogP) is 2.21. The molecule has 0 saturated carbocycles. The van der Waals surface area contributed by atoms with Gasteiger partial charge in [0.05, 0.1) is 11.8 Å². The van der Waals surface area contributed by atoms with Crippen LogP contribution in [0.1, 0.15) is 22.3 Å². The highest BCUT2D eigenvalue weighted by Crippen LogP contribution is 2.11. The molecule has 110 valence electrons. The van der Waals surface area contributed by atoms with Crippen molar-refractivity contribution in [1.82, 2.24) is 9.88 Å². The summed E-state index contributed by atoms with van der Waals surface area (Å²) >= 11 is 0. The lowest BCUT2D eigenvalue weighted by molar-refractivity contribution is 0.0741. The van der Waals surface area contributed by atoms with E-state index in [0.29, 0.717) is 26.1 Å². The SMILES string of the molecule is NCCCN(Cc1ccccc1)C(=O)c1cncc(F)c1. The van der Waals surface area contributed by atoms with Gasteiger partial charge in [0.1, 0.15) is 5.82 Å². The molecular weight excluding hydrogens is 269 g/mol. The van der Waals surface area contributed by atoms with E-state index in [1.165, 1.54) is 12.3 Å². The molecule has 0 aliphatic heterocycles. The molecule has 1 aromatic heterocycles. The molecule has 21 heavy (non-hydrogen) atoms. The Balaban J connectivity index is 2.17. The fraction of sp³-hybridized carbons (Fsp3) is 0.250. The number of hydrogen-bond donors (Lipinski definition) is 1. The lowest BCUT2D eigenvalue weighted by Gasteiger charge is -2.22. The molecule has 1 heterocycles.